The molecule has 0 unspecified atom stereocenters. The van der Waals surface area contributed by atoms with Gasteiger partial charge in [-0.15, -0.1) is 22.9 Å². The maximum absolute atomic E-state index is 12.3. The number of phenolic OH excluding ortho intramolecular Hbond substituents is 2. The molecule has 0 aliphatic rings. The summed E-state index contributed by atoms with van der Waals surface area (Å²) in [5.41, 5.74) is 0.958. The number of rotatable bonds is 10. The van der Waals surface area contributed by atoms with E-state index in [2.05, 4.69) is 45.7 Å². The van der Waals surface area contributed by atoms with Crippen LogP contribution in [-0.4, -0.2) is 100 Å². The second-order valence-electron chi connectivity index (χ2n) is 9.74. The summed E-state index contributed by atoms with van der Waals surface area (Å²) in [6.07, 6.45) is 0. The van der Waals surface area contributed by atoms with Gasteiger partial charge < -0.3 is 43.2 Å². The Kier molecular flexibility index (Phi) is 31.3. The normalized spacial score (nSPS) is 11.0. The van der Waals surface area contributed by atoms with Gasteiger partial charge in [0.05, 0.1) is 22.6 Å². The number of nitrogens with zero attached hydrogens (tertiary/aromatic N) is 4. The first kappa shape index (κ1) is 64.9. The van der Waals surface area contributed by atoms with E-state index in [1.807, 2.05) is 0 Å². The quantitative estimate of drug-likeness (QED) is 0.0325. The molecule has 23 nitrogen and oxygen atoms in total. The number of hydrogen-bond acceptors (Lipinski definition) is 21. The van der Waals surface area contributed by atoms with Crippen molar-refractivity contribution in [3.63, 3.8) is 0 Å². The van der Waals surface area contributed by atoms with Gasteiger partial charge in [0.15, 0.2) is 19.7 Å². The minimum absolute atomic E-state index is 0. The molecule has 4 aromatic carbocycles. The Bertz CT molecular complexity index is 2640. The number of hydrogen-bond donors (Lipinski definition) is 5. The molecule has 0 saturated heterocycles. The van der Waals surface area contributed by atoms with E-state index in [-0.39, 0.29) is 150 Å². The number of methoxy groups -OCH3 is 1. The third-order valence-electron chi connectivity index (χ3n) is 6.19. The van der Waals surface area contributed by atoms with E-state index in [1.54, 1.807) is 19.2 Å². The SMILES string of the molecule is O=S(=O)([O-])O.O=S(=O)([O-])O.O=S(=O)=O.[CH2-]CS(=O)(=O)c1ccc(N=Nc2[c-]cc3c(N=Nc4cc(S(=O)(=O)C[CH2-])ccc4OC)c(NC)ccc3c2O)c(O)c1.[Cu].[Na+].[Na+].[Na+]. The third kappa shape index (κ3) is 23.1. The monoisotopic (exact) mass is 1010 g/mol. The van der Waals surface area contributed by atoms with Gasteiger partial charge in [-0.2, -0.15) is 22.4 Å². The van der Waals surface area contributed by atoms with E-state index in [0.29, 0.717) is 27.9 Å². The van der Waals surface area contributed by atoms with Crippen LogP contribution in [0.4, 0.5) is 28.4 Å². The number of ether oxygens (including phenoxy) is 1. The number of benzene rings is 4. The zero-order valence-electron chi connectivity index (χ0n) is 31.7. The molecule has 0 aromatic heterocycles. The van der Waals surface area contributed by atoms with Crippen LogP contribution in [0.1, 0.15) is 0 Å². The average molecular weight is 1020 g/mol. The van der Waals surface area contributed by atoms with Crippen molar-refractivity contribution in [2.24, 2.45) is 20.5 Å². The molecule has 0 heterocycles. The van der Waals surface area contributed by atoms with E-state index in [0.717, 1.165) is 6.07 Å². The van der Waals surface area contributed by atoms with Gasteiger partial charge in [0.2, 0.25) is 20.8 Å². The summed E-state index contributed by atoms with van der Waals surface area (Å²) in [7, 11) is -17.1. The molecular formula is C28H28CuN5Na3O18S5-2. The van der Waals surface area contributed by atoms with E-state index in [1.165, 1.54) is 43.5 Å². The van der Waals surface area contributed by atoms with Crippen LogP contribution in [0.5, 0.6) is 17.2 Å². The first-order valence-electron chi connectivity index (χ1n) is 14.1. The summed E-state index contributed by atoms with van der Waals surface area (Å²) < 4.78 is 145. The molecule has 0 aliphatic heterocycles. The van der Waals surface area contributed by atoms with Crippen LogP contribution in [0.15, 0.2) is 84.8 Å². The van der Waals surface area contributed by atoms with Gasteiger partial charge in [-0.1, -0.05) is 28.3 Å². The van der Waals surface area contributed by atoms with Crippen LogP contribution < -0.4 is 98.7 Å². The van der Waals surface area contributed by atoms with Gasteiger partial charge in [-0.3, -0.25) is 9.11 Å². The molecule has 0 saturated carbocycles. The first-order chi connectivity index (χ1) is 25.7. The van der Waals surface area contributed by atoms with Crippen LogP contribution in [0, 0.1) is 19.9 Å². The second kappa shape index (κ2) is 28.9. The van der Waals surface area contributed by atoms with Gasteiger partial charge in [0, 0.05) is 47.3 Å². The number of fused-ring (bicyclic) bond motifs is 1. The zero-order chi connectivity index (χ0) is 43.2. The maximum Gasteiger partial charge on any atom is 1.00 e. The molecule has 4 aromatic rings. The van der Waals surface area contributed by atoms with Crippen LogP contribution in [0.2, 0.25) is 0 Å². The Balaban J connectivity index is -0.000000756. The molecule has 1 radical (unpaired) electrons. The van der Waals surface area contributed by atoms with Crippen LogP contribution in [0.25, 0.3) is 10.8 Å². The Morgan fingerprint density at radius 1 is 0.733 bits per heavy atom. The molecule has 0 bridgehead atoms. The van der Waals surface area contributed by atoms with E-state index in [4.69, 9.17) is 52.4 Å². The standard InChI is InChI=1S/C28H26N5O7S2.Cu.3Na.2H2O4S.O3S/c1-5-41(36,37)17-8-14-26(40-4)24(15-17)32-33-27-19-9-13-23(28(35)20(19)10-12-22(27)29-3)31-30-21-11-7-18(16-25(21)34)42(38,39)6-2;;;;;2*1-5(2,3)4;1-4(2)3/h7-12,14-16,29,34-35H,1-2,5-6H2,3-4H3;;;;;2*(H2,1,2,3,4);/q-3;;3*+1;;;/p-2. The van der Waals surface area contributed by atoms with Crippen LogP contribution in [0.3, 0.4) is 0 Å². The van der Waals surface area contributed by atoms with Gasteiger partial charge in [-0.05, 0) is 36.4 Å². The molecule has 0 spiro atoms. The number of phenols is 2. The van der Waals surface area contributed by atoms with Crippen LogP contribution >= 0.6 is 0 Å². The topological polar surface area (TPSA) is 386 Å². The van der Waals surface area contributed by atoms with E-state index >= 15 is 0 Å². The van der Waals surface area contributed by atoms with Crippen molar-refractivity contribution in [2.45, 2.75) is 9.79 Å². The Hall–Kier alpha value is -1.68. The minimum atomic E-state index is -4.92. The second-order valence-corrected chi connectivity index (χ2v) is 16.1. The number of aromatic hydroxyl groups is 2. The first-order valence-corrected chi connectivity index (χ1v) is 21.1. The van der Waals surface area contributed by atoms with Crippen LogP contribution in [-0.2, 0) is 68.1 Å². The molecule has 32 heteroatoms. The Morgan fingerprint density at radius 3 is 1.62 bits per heavy atom. The zero-order valence-corrected chi connectivity index (χ0v) is 42.7. The molecule has 5 N–H and O–H groups in total. The van der Waals surface area contributed by atoms with Crippen molar-refractivity contribution < 1.29 is 185 Å². The largest absolute Gasteiger partial charge is 1.00 e. The van der Waals surface area contributed by atoms with Crippen molar-refractivity contribution in [1.82, 2.24) is 0 Å². The number of azo groups is 2. The fourth-order valence-corrected chi connectivity index (χ4v) is 5.45. The minimum Gasteiger partial charge on any atom is -0.726 e. The van der Waals surface area contributed by atoms with Gasteiger partial charge >= 0.3 is 99.3 Å². The Morgan fingerprint density at radius 2 is 1.18 bits per heavy atom. The Labute approximate surface area is 423 Å². The number of nitrogens with one attached hydrogen (secondary N) is 1. The summed E-state index contributed by atoms with van der Waals surface area (Å²) in [6.45, 7) is 6.84. The van der Waals surface area contributed by atoms with Gasteiger partial charge in [0.1, 0.15) is 22.9 Å². The summed E-state index contributed by atoms with van der Waals surface area (Å²) in [6, 6.07) is 15.4. The predicted molar refractivity (Wildman–Crippen MR) is 193 cm³/mol. The molecule has 60 heavy (non-hydrogen) atoms. The molecule has 319 valence electrons. The van der Waals surface area contributed by atoms with Crippen molar-refractivity contribution in [2.75, 3.05) is 31.0 Å². The van der Waals surface area contributed by atoms with E-state index < -0.39 is 56.8 Å². The van der Waals surface area contributed by atoms with E-state index in [9.17, 15) is 27.0 Å². The molecule has 4 rings (SSSR count). The molecular weight excluding hydrogens is 987 g/mol. The predicted octanol–water partition coefficient (Wildman–Crippen LogP) is -5.84. The van der Waals surface area contributed by atoms with Gasteiger partial charge in [-0.25, -0.2) is 33.7 Å². The van der Waals surface area contributed by atoms with Crippen molar-refractivity contribution in [3.05, 3.63) is 74.5 Å². The fraction of sp³-hybridized carbons (Fsp3) is 0.143. The summed E-state index contributed by atoms with van der Waals surface area (Å²) in [4.78, 5) is -0.0888. The van der Waals surface area contributed by atoms with Crippen molar-refractivity contribution in [1.29, 1.82) is 0 Å². The van der Waals surface area contributed by atoms with Crippen molar-refractivity contribution >= 4 is 90.3 Å². The van der Waals surface area contributed by atoms with Crippen molar-refractivity contribution in [3.8, 4) is 17.2 Å². The third-order valence-corrected chi connectivity index (χ3v) is 9.21. The fourth-order valence-electron chi connectivity index (χ4n) is 3.85. The summed E-state index contributed by atoms with van der Waals surface area (Å²) >= 11 is 0. The molecule has 0 atom stereocenters. The maximum atomic E-state index is 12.3. The smallest absolute Gasteiger partial charge is 0.726 e. The average Bonchev–Trinajstić information content (AvgIpc) is 3.08. The number of anilines is 1. The molecule has 0 amide bonds. The molecule has 0 aliphatic carbocycles. The summed E-state index contributed by atoms with van der Waals surface area (Å²) in [5.74, 6) is -1.11. The number of sulfone groups is 2. The summed E-state index contributed by atoms with van der Waals surface area (Å²) in [5, 5.41) is 41.5. The van der Waals surface area contributed by atoms with Gasteiger partial charge in [0.25, 0.3) is 0 Å². The molecule has 0 fully saturated rings.